The summed E-state index contributed by atoms with van der Waals surface area (Å²) in [6, 6.07) is 3.67. The summed E-state index contributed by atoms with van der Waals surface area (Å²) in [4.78, 5) is 17.7. The Bertz CT molecular complexity index is 885. The lowest BCUT2D eigenvalue weighted by atomic mass is 10.1. The van der Waals surface area contributed by atoms with Crippen molar-refractivity contribution in [2.24, 2.45) is 5.92 Å². The molecule has 9 nitrogen and oxygen atoms in total. The highest BCUT2D eigenvalue weighted by Crippen LogP contribution is 2.32. The quantitative estimate of drug-likeness (QED) is 0.485. The van der Waals surface area contributed by atoms with Gasteiger partial charge in [0.2, 0.25) is 15.9 Å². The van der Waals surface area contributed by atoms with Crippen molar-refractivity contribution in [1.29, 1.82) is 0 Å². The summed E-state index contributed by atoms with van der Waals surface area (Å²) in [5, 5.41) is 2.91. The van der Waals surface area contributed by atoms with E-state index in [9.17, 15) is 13.2 Å². The molecule has 1 fully saturated rings. The predicted octanol–water partition coefficient (Wildman–Crippen LogP) is 1.29. The van der Waals surface area contributed by atoms with Crippen LogP contribution in [0.5, 0.6) is 11.5 Å². The van der Waals surface area contributed by atoms with Crippen molar-refractivity contribution >= 4 is 15.9 Å². The van der Waals surface area contributed by atoms with Gasteiger partial charge in [0.15, 0.2) is 11.5 Å². The second-order valence-electron chi connectivity index (χ2n) is 8.92. The lowest BCUT2D eigenvalue weighted by Crippen LogP contribution is -2.50. The molecule has 2 aliphatic rings. The fourth-order valence-electron chi connectivity index (χ4n) is 3.99. The molecule has 0 saturated carbocycles. The Kier molecular flexibility index (Phi) is 9.37. The van der Waals surface area contributed by atoms with Crippen molar-refractivity contribution in [2.75, 3.05) is 59.0 Å². The zero-order chi connectivity index (χ0) is 23.8. The van der Waals surface area contributed by atoms with Crippen LogP contribution in [-0.2, 0) is 14.8 Å². The van der Waals surface area contributed by atoms with Crippen LogP contribution in [0.2, 0.25) is 0 Å². The number of carbonyl (C=O) groups is 1. The predicted molar refractivity (Wildman–Crippen MR) is 127 cm³/mol. The van der Waals surface area contributed by atoms with Crippen molar-refractivity contribution in [3.63, 3.8) is 0 Å². The van der Waals surface area contributed by atoms with Crippen molar-refractivity contribution in [3.05, 3.63) is 18.2 Å². The molecule has 10 heteroatoms. The first-order chi connectivity index (χ1) is 15.8. The number of hydrogen-bond acceptors (Lipinski definition) is 7. The second-order valence-corrected chi connectivity index (χ2v) is 10.6. The number of carbonyl (C=O) groups excluding carboxylic acids is 1. The zero-order valence-corrected chi connectivity index (χ0v) is 20.8. The van der Waals surface area contributed by atoms with Crippen LogP contribution < -0.4 is 19.5 Å². The largest absolute Gasteiger partial charge is 0.490 e. The molecule has 0 aliphatic carbocycles. The molecule has 2 aliphatic heterocycles. The van der Waals surface area contributed by atoms with E-state index in [1.165, 1.54) is 12.1 Å². The normalized spacial score (nSPS) is 18.7. The fraction of sp³-hybridized carbons (Fsp3) is 0.696. The molecule has 1 unspecified atom stereocenters. The van der Waals surface area contributed by atoms with Crippen molar-refractivity contribution in [2.45, 2.75) is 44.6 Å². The minimum absolute atomic E-state index is 0.0522. The van der Waals surface area contributed by atoms with E-state index in [4.69, 9.17) is 9.47 Å². The van der Waals surface area contributed by atoms with E-state index in [0.717, 1.165) is 52.1 Å². The van der Waals surface area contributed by atoms with Gasteiger partial charge >= 0.3 is 0 Å². The summed E-state index contributed by atoms with van der Waals surface area (Å²) in [7, 11) is -3.91. The molecule has 0 radical (unpaired) electrons. The Morgan fingerprint density at radius 2 is 1.73 bits per heavy atom. The number of amides is 1. The van der Waals surface area contributed by atoms with Crippen LogP contribution in [-0.4, -0.2) is 89.2 Å². The van der Waals surface area contributed by atoms with Gasteiger partial charge in [0, 0.05) is 45.2 Å². The number of nitrogens with zero attached hydrogens (tertiary/aromatic N) is 2. The summed E-state index contributed by atoms with van der Waals surface area (Å²) in [5.41, 5.74) is 0. The number of fused-ring (bicyclic) bond motifs is 1. The topological polar surface area (TPSA) is 100 Å². The molecule has 1 amide bonds. The monoisotopic (exact) mass is 482 g/mol. The van der Waals surface area contributed by atoms with Crippen LogP contribution in [0.4, 0.5) is 0 Å². The van der Waals surface area contributed by atoms with E-state index >= 15 is 0 Å². The van der Waals surface area contributed by atoms with E-state index in [2.05, 4.69) is 26.8 Å². The van der Waals surface area contributed by atoms with E-state index < -0.39 is 16.1 Å². The molecule has 1 atom stereocenters. The van der Waals surface area contributed by atoms with Gasteiger partial charge in [-0.3, -0.25) is 4.79 Å². The first-order valence-corrected chi connectivity index (χ1v) is 13.4. The number of likely N-dealkylation sites (N-methyl/N-ethyl adjacent to an activating group) is 1. The van der Waals surface area contributed by atoms with Crippen LogP contribution in [0.3, 0.4) is 0 Å². The van der Waals surface area contributed by atoms with Crippen LogP contribution in [0, 0.1) is 5.92 Å². The van der Waals surface area contributed by atoms with Gasteiger partial charge in [0.25, 0.3) is 0 Å². The van der Waals surface area contributed by atoms with Gasteiger partial charge in [0.1, 0.15) is 6.04 Å². The zero-order valence-electron chi connectivity index (χ0n) is 20.0. The summed E-state index contributed by atoms with van der Waals surface area (Å²) in [6.07, 6.45) is 1.57. The third kappa shape index (κ3) is 7.30. The molecule has 2 N–H and O–H groups in total. The summed E-state index contributed by atoms with van der Waals surface area (Å²) >= 11 is 0. The number of benzene rings is 1. The maximum atomic E-state index is 13.0. The Balaban J connectivity index is 1.53. The molecule has 186 valence electrons. The summed E-state index contributed by atoms with van der Waals surface area (Å²) in [6.45, 7) is 13.6. The Morgan fingerprint density at radius 1 is 1.06 bits per heavy atom. The van der Waals surface area contributed by atoms with Crippen molar-refractivity contribution in [1.82, 2.24) is 19.8 Å². The lowest BCUT2D eigenvalue weighted by molar-refractivity contribution is -0.123. The smallest absolute Gasteiger partial charge is 0.241 e. The van der Waals surface area contributed by atoms with Crippen LogP contribution >= 0.6 is 0 Å². The first-order valence-electron chi connectivity index (χ1n) is 11.9. The molecule has 1 saturated heterocycles. The molecule has 0 bridgehead atoms. The molecule has 3 rings (SSSR count). The molecule has 1 aromatic rings. The molecule has 33 heavy (non-hydrogen) atoms. The highest BCUT2D eigenvalue weighted by molar-refractivity contribution is 7.89. The van der Waals surface area contributed by atoms with Crippen molar-refractivity contribution in [3.8, 4) is 11.5 Å². The molecular formula is C23H38N4O5S. The maximum Gasteiger partial charge on any atom is 0.241 e. The Morgan fingerprint density at radius 3 is 2.39 bits per heavy atom. The number of hydrogen-bond donors (Lipinski definition) is 2. The van der Waals surface area contributed by atoms with Gasteiger partial charge in [-0.25, -0.2) is 8.42 Å². The van der Waals surface area contributed by atoms with Crippen LogP contribution in [0.25, 0.3) is 0 Å². The third-order valence-corrected chi connectivity index (χ3v) is 7.56. The molecule has 1 aromatic carbocycles. The van der Waals surface area contributed by atoms with Gasteiger partial charge in [0.05, 0.1) is 18.1 Å². The third-order valence-electron chi connectivity index (χ3n) is 6.12. The summed E-state index contributed by atoms with van der Waals surface area (Å²) in [5.74, 6) is 0.419. The first kappa shape index (κ1) is 25.7. The highest BCUT2D eigenvalue weighted by atomic mass is 32.2. The Labute approximate surface area is 197 Å². The van der Waals surface area contributed by atoms with Gasteiger partial charge in [-0.2, -0.15) is 4.72 Å². The minimum Gasteiger partial charge on any atom is -0.490 e. The number of nitrogens with one attached hydrogen (secondary N) is 2. The van der Waals surface area contributed by atoms with Crippen LogP contribution in [0.1, 0.15) is 33.6 Å². The SMILES string of the molecule is CCN1CCN(CCCNC(=O)C(NS(=O)(=O)c2ccc3c(c2)OCCCO3)C(C)C)CC1. The molecule has 0 spiro atoms. The average molecular weight is 483 g/mol. The molecule has 2 heterocycles. The van der Waals surface area contributed by atoms with E-state index in [1.807, 2.05) is 13.8 Å². The number of piperazine rings is 1. The fourth-order valence-corrected chi connectivity index (χ4v) is 5.35. The number of sulfonamides is 1. The standard InChI is InChI=1S/C23H38N4O5S/c1-4-26-11-13-27(14-12-26)10-5-9-24-23(28)22(18(2)3)25-33(29,30)19-7-8-20-21(17-19)32-16-6-15-31-20/h7-8,17-18,22,25H,4-6,9-16H2,1-3H3,(H,24,28). The van der Waals surface area contributed by atoms with Crippen molar-refractivity contribution < 1.29 is 22.7 Å². The number of rotatable bonds is 10. The number of ether oxygens (including phenoxy) is 2. The average Bonchev–Trinajstić information content (AvgIpc) is 3.05. The van der Waals surface area contributed by atoms with Gasteiger partial charge in [-0.15, -0.1) is 0 Å². The van der Waals surface area contributed by atoms with E-state index in [0.29, 0.717) is 31.3 Å². The van der Waals surface area contributed by atoms with E-state index in [-0.39, 0.29) is 16.7 Å². The lowest BCUT2D eigenvalue weighted by Gasteiger charge is -2.34. The minimum atomic E-state index is -3.91. The highest BCUT2D eigenvalue weighted by Gasteiger charge is 2.29. The second kappa shape index (κ2) is 12.0. The van der Waals surface area contributed by atoms with E-state index in [1.54, 1.807) is 6.07 Å². The Hall–Kier alpha value is -1.88. The summed E-state index contributed by atoms with van der Waals surface area (Å²) < 4.78 is 39.8. The molecule has 0 aromatic heterocycles. The maximum absolute atomic E-state index is 13.0. The van der Waals surface area contributed by atoms with Gasteiger partial charge in [-0.05, 0) is 37.6 Å². The van der Waals surface area contributed by atoms with Crippen LogP contribution in [0.15, 0.2) is 23.1 Å². The van der Waals surface area contributed by atoms with Gasteiger partial charge < -0.3 is 24.6 Å². The van der Waals surface area contributed by atoms with Gasteiger partial charge in [-0.1, -0.05) is 20.8 Å². The molecular weight excluding hydrogens is 444 g/mol.